The summed E-state index contributed by atoms with van der Waals surface area (Å²) in [5.41, 5.74) is 2.43. The molecule has 150 valence electrons. The molecule has 8 nitrogen and oxygen atoms in total. The lowest BCUT2D eigenvalue weighted by atomic mass is 10.0. The first-order valence-corrected chi connectivity index (χ1v) is 9.64. The molecule has 2 aromatic carbocycles. The van der Waals surface area contributed by atoms with Crippen LogP contribution in [0.2, 0.25) is 0 Å². The van der Waals surface area contributed by atoms with E-state index in [-0.39, 0.29) is 17.2 Å². The van der Waals surface area contributed by atoms with Crippen molar-refractivity contribution < 1.29 is 19.8 Å². The van der Waals surface area contributed by atoms with Crippen molar-refractivity contribution in [3.63, 3.8) is 0 Å². The summed E-state index contributed by atoms with van der Waals surface area (Å²) in [5, 5.41) is 26.0. The van der Waals surface area contributed by atoms with Gasteiger partial charge in [0.1, 0.15) is 5.71 Å². The molecular weight excluding hydrogens is 404 g/mol. The minimum absolute atomic E-state index is 0.154. The van der Waals surface area contributed by atoms with Crippen molar-refractivity contribution in [2.45, 2.75) is 0 Å². The average molecular weight is 420 g/mol. The number of rotatable bonds is 5. The topological polar surface area (TPSA) is 117 Å². The van der Waals surface area contributed by atoms with Crippen molar-refractivity contribution in [1.82, 2.24) is 9.97 Å². The number of benzene rings is 2. The van der Waals surface area contributed by atoms with Crippen LogP contribution < -0.4 is 10.1 Å². The van der Waals surface area contributed by atoms with Crippen LogP contribution in [-0.4, -0.2) is 39.0 Å². The smallest absolute Gasteiger partial charge is 0.280 e. The summed E-state index contributed by atoms with van der Waals surface area (Å²) in [5.74, 6) is -0.791. The van der Waals surface area contributed by atoms with Gasteiger partial charge in [0.25, 0.3) is 5.91 Å². The third-order valence-electron chi connectivity index (χ3n) is 4.35. The Hall–Kier alpha value is -3.98. The zero-order valence-corrected chi connectivity index (χ0v) is 16.6. The lowest BCUT2D eigenvalue weighted by molar-refractivity contribution is 0.101. The summed E-state index contributed by atoms with van der Waals surface area (Å²) in [7, 11) is 1.39. The molecule has 0 unspecified atom stereocenters. The van der Waals surface area contributed by atoms with Crippen molar-refractivity contribution in [2.75, 3.05) is 12.4 Å². The number of amides is 1. The second-order valence-electron chi connectivity index (χ2n) is 6.18. The maximum atomic E-state index is 12.5. The number of thiazole rings is 1. The Balaban J connectivity index is 1.62. The molecule has 0 radical (unpaired) electrons. The highest BCUT2D eigenvalue weighted by molar-refractivity contribution is 7.22. The Bertz CT molecular complexity index is 1250. The summed E-state index contributed by atoms with van der Waals surface area (Å²) in [6.07, 6.45) is 1.37. The van der Waals surface area contributed by atoms with Gasteiger partial charge in [-0.2, -0.15) is 0 Å². The highest BCUT2D eigenvalue weighted by atomic mass is 32.1. The fourth-order valence-corrected chi connectivity index (χ4v) is 3.83. The number of carbonyl (C=O) groups excluding carboxylic acids is 1. The Kier molecular flexibility index (Phi) is 5.27. The van der Waals surface area contributed by atoms with Gasteiger partial charge in [0.15, 0.2) is 22.3 Å². The van der Waals surface area contributed by atoms with Gasteiger partial charge in [0.05, 0.1) is 17.3 Å². The molecule has 3 N–H and O–H groups in total. The number of ether oxygens (including phenoxy) is 1. The van der Waals surface area contributed by atoms with Gasteiger partial charge in [-0.25, -0.2) is 9.97 Å². The van der Waals surface area contributed by atoms with Crippen LogP contribution in [0.5, 0.6) is 11.5 Å². The minimum atomic E-state index is -0.604. The first-order valence-electron chi connectivity index (χ1n) is 8.82. The van der Waals surface area contributed by atoms with Gasteiger partial charge >= 0.3 is 0 Å². The molecule has 9 heteroatoms. The van der Waals surface area contributed by atoms with E-state index < -0.39 is 5.91 Å². The van der Waals surface area contributed by atoms with Crippen molar-refractivity contribution in [3.8, 4) is 11.5 Å². The Morgan fingerprint density at radius 1 is 1.13 bits per heavy atom. The predicted octanol–water partition coefficient (Wildman–Crippen LogP) is 3.88. The molecular formula is C21H16N4O4S. The predicted molar refractivity (Wildman–Crippen MR) is 114 cm³/mol. The molecule has 2 heterocycles. The van der Waals surface area contributed by atoms with E-state index in [4.69, 9.17) is 4.74 Å². The van der Waals surface area contributed by atoms with Gasteiger partial charge in [-0.05, 0) is 12.1 Å². The van der Waals surface area contributed by atoms with Crippen molar-refractivity contribution in [2.24, 2.45) is 5.16 Å². The molecule has 0 aliphatic heterocycles. The van der Waals surface area contributed by atoms with Crippen molar-refractivity contribution >= 4 is 38.3 Å². The molecule has 0 spiro atoms. The lowest BCUT2D eigenvalue weighted by Crippen LogP contribution is -2.13. The molecule has 2 aromatic heterocycles. The molecule has 4 aromatic rings. The number of aromatic nitrogens is 2. The van der Waals surface area contributed by atoms with E-state index in [1.807, 2.05) is 36.4 Å². The molecule has 0 aliphatic carbocycles. The van der Waals surface area contributed by atoms with Crippen molar-refractivity contribution in [3.05, 3.63) is 77.6 Å². The molecule has 4 rings (SSSR count). The molecule has 30 heavy (non-hydrogen) atoms. The van der Waals surface area contributed by atoms with Gasteiger partial charge in [-0.1, -0.05) is 52.9 Å². The van der Waals surface area contributed by atoms with E-state index in [1.54, 1.807) is 12.1 Å². The zero-order valence-electron chi connectivity index (χ0n) is 15.7. The number of hydrogen-bond donors (Lipinski definition) is 3. The maximum absolute atomic E-state index is 12.5. The van der Waals surface area contributed by atoms with Crippen LogP contribution >= 0.6 is 11.3 Å². The van der Waals surface area contributed by atoms with E-state index in [1.165, 1.54) is 30.7 Å². The molecule has 0 bridgehead atoms. The fraction of sp³-hybridized carbons (Fsp3) is 0.0476. The summed E-state index contributed by atoms with van der Waals surface area (Å²) in [6, 6.07) is 16.2. The lowest BCUT2D eigenvalue weighted by Gasteiger charge is -2.06. The number of fused-ring (bicyclic) bond motifs is 1. The normalized spacial score (nSPS) is 11.4. The molecule has 1 amide bonds. The summed E-state index contributed by atoms with van der Waals surface area (Å²) < 4.78 is 5.80. The van der Waals surface area contributed by atoms with E-state index in [9.17, 15) is 15.1 Å². The number of nitrogens with zero attached hydrogens (tertiary/aromatic N) is 3. The minimum Gasteiger partial charge on any atom is -0.503 e. The van der Waals surface area contributed by atoms with Gasteiger partial charge in [-0.15, -0.1) is 0 Å². The Morgan fingerprint density at radius 2 is 1.93 bits per heavy atom. The van der Waals surface area contributed by atoms with Gasteiger partial charge in [-0.3, -0.25) is 10.1 Å². The summed E-state index contributed by atoms with van der Waals surface area (Å²) >= 11 is 1.25. The number of hydrogen-bond acceptors (Lipinski definition) is 8. The number of pyridine rings is 1. The highest BCUT2D eigenvalue weighted by Gasteiger charge is 2.18. The first kappa shape index (κ1) is 19.3. The standard InChI is InChI=1S/C21H16N4O4S/c1-29-15-9-10-22-18(19(15)26)20(27)24-21-23-14-8-7-13(11-16(14)30-21)17(25-28)12-5-3-2-4-6-12/h2-11,26,28H,1H3,(H,23,24,27)/b25-17+. The summed E-state index contributed by atoms with van der Waals surface area (Å²) in [4.78, 5) is 20.8. The first-order chi connectivity index (χ1) is 14.6. The number of carbonyl (C=O) groups is 1. The number of anilines is 1. The maximum Gasteiger partial charge on any atom is 0.280 e. The Morgan fingerprint density at radius 3 is 2.67 bits per heavy atom. The summed E-state index contributed by atoms with van der Waals surface area (Å²) in [6.45, 7) is 0. The Labute approximate surface area is 175 Å². The van der Waals surface area contributed by atoms with Crippen LogP contribution in [0, 0.1) is 0 Å². The fourth-order valence-electron chi connectivity index (χ4n) is 2.93. The third-order valence-corrected chi connectivity index (χ3v) is 5.29. The third kappa shape index (κ3) is 3.65. The molecule has 0 aliphatic rings. The molecule has 0 saturated carbocycles. The zero-order chi connectivity index (χ0) is 21.1. The second kappa shape index (κ2) is 8.18. The molecule has 0 saturated heterocycles. The van der Waals surface area contributed by atoms with Gasteiger partial charge < -0.3 is 15.1 Å². The number of methoxy groups -OCH3 is 1. The van der Waals surface area contributed by atoms with Crippen LogP contribution in [0.1, 0.15) is 21.6 Å². The SMILES string of the molecule is COc1ccnc(C(=O)Nc2nc3ccc(/C(=N/O)c4ccccc4)cc3s2)c1O. The molecule has 0 fully saturated rings. The van der Waals surface area contributed by atoms with Crippen LogP contribution in [0.3, 0.4) is 0 Å². The van der Waals surface area contributed by atoms with Crippen LogP contribution in [0.15, 0.2) is 65.9 Å². The van der Waals surface area contributed by atoms with Crippen LogP contribution in [0.25, 0.3) is 10.2 Å². The highest BCUT2D eigenvalue weighted by Crippen LogP contribution is 2.31. The second-order valence-corrected chi connectivity index (χ2v) is 7.21. The largest absolute Gasteiger partial charge is 0.503 e. The number of aromatic hydroxyl groups is 1. The van der Waals surface area contributed by atoms with Crippen LogP contribution in [0.4, 0.5) is 5.13 Å². The van der Waals surface area contributed by atoms with Gasteiger partial charge in [0, 0.05) is 23.4 Å². The van der Waals surface area contributed by atoms with E-state index in [2.05, 4.69) is 20.4 Å². The molecule has 0 atom stereocenters. The van der Waals surface area contributed by atoms with Gasteiger partial charge in [0.2, 0.25) is 0 Å². The monoisotopic (exact) mass is 420 g/mol. The van der Waals surface area contributed by atoms with Crippen LogP contribution in [-0.2, 0) is 0 Å². The number of oxime groups is 1. The van der Waals surface area contributed by atoms with E-state index in [0.29, 0.717) is 21.9 Å². The average Bonchev–Trinajstić information content (AvgIpc) is 3.16. The van der Waals surface area contributed by atoms with E-state index in [0.717, 1.165) is 10.3 Å². The quantitative estimate of drug-likeness (QED) is 0.256. The van der Waals surface area contributed by atoms with E-state index >= 15 is 0 Å². The number of nitrogens with one attached hydrogen (secondary N) is 1. The van der Waals surface area contributed by atoms with Crippen molar-refractivity contribution in [1.29, 1.82) is 0 Å².